The fourth-order valence-electron chi connectivity index (χ4n) is 2.88. The maximum Gasteiger partial charge on any atom is 0.257 e. The zero-order valence-electron chi connectivity index (χ0n) is 13.5. The summed E-state index contributed by atoms with van der Waals surface area (Å²) in [7, 11) is 0. The summed E-state index contributed by atoms with van der Waals surface area (Å²) < 4.78 is 0. The molecule has 128 valence electrons. The number of phenols is 1. The molecule has 2 amide bonds. The van der Waals surface area contributed by atoms with Gasteiger partial charge in [-0.25, -0.2) is 0 Å². The van der Waals surface area contributed by atoms with Gasteiger partial charge in [0, 0.05) is 23.8 Å². The fraction of sp³-hybridized carbons (Fsp3) is 0.158. The van der Waals surface area contributed by atoms with E-state index in [1.165, 1.54) is 18.2 Å². The van der Waals surface area contributed by atoms with Crippen molar-refractivity contribution in [1.82, 2.24) is 4.90 Å². The molecule has 0 saturated carbocycles. The van der Waals surface area contributed by atoms with Gasteiger partial charge in [0.1, 0.15) is 5.75 Å². The summed E-state index contributed by atoms with van der Waals surface area (Å²) in [4.78, 5) is 25.9. The molecule has 2 N–H and O–H groups in total. The van der Waals surface area contributed by atoms with Crippen molar-refractivity contribution < 1.29 is 14.7 Å². The van der Waals surface area contributed by atoms with E-state index >= 15 is 0 Å². The van der Waals surface area contributed by atoms with Crippen molar-refractivity contribution in [2.24, 2.45) is 0 Å². The number of hydrogen-bond donors (Lipinski definition) is 2. The SMILES string of the molecule is C=CC(=O)Nc1ccc(O)c(C(=O)N2CCc3c(Cl)cccc3C2)c1. The summed E-state index contributed by atoms with van der Waals surface area (Å²) in [6.07, 6.45) is 1.80. The van der Waals surface area contributed by atoms with Crippen LogP contribution in [-0.2, 0) is 17.8 Å². The van der Waals surface area contributed by atoms with E-state index in [1.807, 2.05) is 18.2 Å². The van der Waals surface area contributed by atoms with Crippen LogP contribution in [0.15, 0.2) is 49.1 Å². The summed E-state index contributed by atoms with van der Waals surface area (Å²) in [6.45, 7) is 4.33. The molecule has 0 atom stereocenters. The Kier molecular flexibility index (Phi) is 4.76. The van der Waals surface area contributed by atoms with E-state index in [0.29, 0.717) is 30.2 Å². The van der Waals surface area contributed by atoms with E-state index in [2.05, 4.69) is 11.9 Å². The summed E-state index contributed by atoms with van der Waals surface area (Å²) in [5.41, 5.74) is 2.63. The second kappa shape index (κ2) is 6.99. The van der Waals surface area contributed by atoms with Gasteiger partial charge in [-0.05, 0) is 47.9 Å². The minimum atomic E-state index is -0.384. The number of fused-ring (bicyclic) bond motifs is 1. The van der Waals surface area contributed by atoms with E-state index < -0.39 is 0 Å². The molecule has 2 aromatic rings. The number of halogens is 1. The first-order chi connectivity index (χ1) is 12.0. The molecule has 0 fully saturated rings. The molecule has 2 aromatic carbocycles. The van der Waals surface area contributed by atoms with E-state index in [1.54, 1.807) is 4.90 Å². The third-order valence-electron chi connectivity index (χ3n) is 4.18. The van der Waals surface area contributed by atoms with Crippen molar-refractivity contribution in [3.05, 3.63) is 70.8 Å². The molecule has 0 aliphatic carbocycles. The zero-order valence-corrected chi connectivity index (χ0v) is 14.2. The highest BCUT2D eigenvalue weighted by Crippen LogP contribution is 2.29. The molecule has 0 spiro atoms. The molecular formula is C19H17ClN2O3. The third kappa shape index (κ3) is 3.51. The van der Waals surface area contributed by atoms with Crippen LogP contribution < -0.4 is 5.32 Å². The topological polar surface area (TPSA) is 69.6 Å². The van der Waals surface area contributed by atoms with Crippen LogP contribution in [0, 0.1) is 0 Å². The molecule has 0 saturated heterocycles. The van der Waals surface area contributed by atoms with Crippen LogP contribution in [0.25, 0.3) is 0 Å². The highest BCUT2D eigenvalue weighted by Gasteiger charge is 2.25. The number of phenolic OH excluding ortho intramolecular Hbond substituents is 1. The molecule has 3 rings (SSSR count). The predicted octanol–water partition coefficient (Wildman–Crippen LogP) is 3.37. The first-order valence-electron chi connectivity index (χ1n) is 7.81. The number of nitrogens with one attached hydrogen (secondary N) is 1. The molecule has 1 aliphatic rings. The monoisotopic (exact) mass is 356 g/mol. The number of rotatable bonds is 3. The average Bonchev–Trinajstić information content (AvgIpc) is 2.62. The Bertz CT molecular complexity index is 864. The molecule has 1 aliphatic heterocycles. The van der Waals surface area contributed by atoms with E-state index in [-0.39, 0.29) is 23.1 Å². The molecule has 6 heteroatoms. The number of nitrogens with zero attached hydrogens (tertiary/aromatic N) is 1. The molecule has 0 aromatic heterocycles. The summed E-state index contributed by atoms with van der Waals surface area (Å²) in [6, 6.07) is 10.0. The quantitative estimate of drug-likeness (QED) is 0.654. The lowest BCUT2D eigenvalue weighted by Crippen LogP contribution is -2.36. The van der Waals surface area contributed by atoms with Crippen molar-refractivity contribution in [2.75, 3.05) is 11.9 Å². The minimum absolute atomic E-state index is 0.126. The highest BCUT2D eigenvalue weighted by atomic mass is 35.5. The van der Waals surface area contributed by atoms with Gasteiger partial charge in [-0.3, -0.25) is 9.59 Å². The number of carbonyl (C=O) groups is 2. The zero-order chi connectivity index (χ0) is 18.0. The highest BCUT2D eigenvalue weighted by molar-refractivity contribution is 6.31. The van der Waals surface area contributed by atoms with Gasteiger partial charge in [0.15, 0.2) is 0 Å². The Morgan fingerprint density at radius 1 is 1.28 bits per heavy atom. The summed E-state index contributed by atoms with van der Waals surface area (Å²) in [5.74, 6) is -0.804. The number of benzene rings is 2. The Morgan fingerprint density at radius 3 is 2.84 bits per heavy atom. The molecule has 0 unspecified atom stereocenters. The number of amides is 2. The van der Waals surface area contributed by atoms with Crippen LogP contribution >= 0.6 is 11.6 Å². The second-order valence-corrected chi connectivity index (χ2v) is 6.19. The first-order valence-corrected chi connectivity index (χ1v) is 8.19. The maximum atomic E-state index is 12.8. The van der Waals surface area contributed by atoms with Crippen LogP contribution in [-0.4, -0.2) is 28.4 Å². The van der Waals surface area contributed by atoms with Crippen LogP contribution in [0.5, 0.6) is 5.75 Å². The molecule has 0 radical (unpaired) electrons. The fourth-order valence-corrected chi connectivity index (χ4v) is 3.17. The number of anilines is 1. The predicted molar refractivity (Wildman–Crippen MR) is 96.8 cm³/mol. The number of hydrogen-bond acceptors (Lipinski definition) is 3. The molecule has 1 heterocycles. The van der Waals surface area contributed by atoms with Crippen molar-refractivity contribution in [1.29, 1.82) is 0 Å². The normalized spacial score (nSPS) is 13.1. The standard InChI is InChI=1S/C19H17ClN2O3/c1-2-18(24)21-13-6-7-17(23)15(10-13)19(25)22-9-8-14-12(11-22)4-3-5-16(14)20/h2-7,10,23H,1,8-9,11H2,(H,21,24). The minimum Gasteiger partial charge on any atom is -0.507 e. The van der Waals surface area contributed by atoms with Gasteiger partial charge in [-0.2, -0.15) is 0 Å². The van der Waals surface area contributed by atoms with Gasteiger partial charge in [0.25, 0.3) is 5.91 Å². The van der Waals surface area contributed by atoms with Crippen molar-refractivity contribution >= 4 is 29.1 Å². The Labute approximate surface area is 150 Å². The Hall–Kier alpha value is -2.79. The lowest BCUT2D eigenvalue weighted by Gasteiger charge is -2.29. The number of aromatic hydroxyl groups is 1. The Morgan fingerprint density at radius 2 is 2.08 bits per heavy atom. The van der Waals surface area contributed by atoms with Crippen LogP contribution in [0.2, 0.25) is 5.02 Å². The van der Waals surface area contributed by atoms with Gasteiger partial charge < -0.3 is 15.3 Å². The largest absolute Gasteiger partial charge is 0.507 e. The van der Waals surface area contributed by atoms with E-state index in [4.69, 9.17) is 11.6 Å². The van der Waals surface area contributed by atoms with Gasteiger partial charge in [-0.1, -0.05) is 30.3 Å². The lowest BCUT2D eigenvalue weighted by atomic mass is 9.99. The van der Waals surface area contributed by atoms with Crippen molar-refractivity contribution in [3.8, 4) is 5.75 Å². The van der Waals surface area contributed by atoms with E-state index in [0.717, 1.165) is 17.2 Å². The van der Waals surface area contributed by atoms with Crippen molar-refractivity contribution in [2.45, 2.75) is 13.0 Å². The Balaban J connectivity index is 1.85. The van der Waals surface area contributed by atoms with Crippen molar-refractivity contribution in [3.63, 3.8) is 0 Å². The van der Waals surface area contributed by atoms with Crippen LogP contribution in [0.4, 0.5) is 5.69 Å². The van der Waals surface area contributed by atoms with Gasteiger partial charge in [-0.15, -0.1) is 0 Å². The maximum absolute atomic E-state index is 12.8. The van der Waals surface area contributed by atoms with Crippen LogP contribution in [0.3, 0.4) is 0 Å². The second-order valence-electron chi connectivity index (χ2n) is 5.78. The van der Waals surface area contributed by atoms with E-state index in [9.17, 15) is 14.7 Å². The summed E-state index contributed by atoms with van der Waals surface area (Å²) >= 11 is 6.20. The van der Waals surface area contributed by atoms with Gasteiger partial charge >= 0.3 is 0 Å². The molecule has 5 nitrogen and oxygen atoms in total. The molecule has 0 bridgehead atoms. The third-order valence-corrected chi connectivity index (χ3v) is 4.53. The molecular weight excluding hydrogens is 340 g/mol. The molecule has 25 heavy (non-hydrogen) atoms. The first kappa shape index (κ1) is 17.0. The lowest BCUT2D eigenvalue weighted by molar-refractivity contribution is -0.111. The summed E-state index contributed by atoms with van der Waals surface area (Å²) in [5, 5.41) is 13.4. The van der Waals surface area contributed by atoms with Crippen LogP contribution in [0.1, 0.15) is 21.5 Å². The van der Waals surface area contributed by atoms with Gasteiger partial charge in [0.2, 0.25) is 5.91 Å². The number of carbonyl (C=O) groups excluding carboxylic acids is 2. The average molecular weight is 357 g/mol. The smallest absolute Gasteiger partial charge is 0.257 e. The van der Waals surface area contributed by atoms with Gasteiger partial charge in [0.05, 0.1) is 5.56 Å².